The Morgan fingerprint density at radius 1 is 1.24 bits per heavy atom. The molecule has 0 aromatic heterocycles. The Morgan fingerprint density at radius 2 is 1.88 bits per heavy atom. The van der Waals surface area contributed by atoms with E-state index in [2.05, 4.69) is 10.6 Å². The number of likely N-dealkylation sites (tertiary alicyclic amines) is 1. The quantitative estimate of drug-likeness (QED) is 0.637. The van der Waals surface area contributed by atoms with Crippen LogP contribution in [0.1, 0.15) is 53.4 Å². The fourth-order valence-electron chi connectivity index (χ4n) is 2.68. The third kappa shape index (κ3) is 7.61. The van der Waals surface area contributed by atoms with Crippen LogP contribution in [-0.2, 0) is 14.4 Å². The molecule has 7 nitrogen and oxygen atoms in total. The number of piperidine rings is 1. The van der Waals surface area contributed by atoms with E-state index in [-0.39, 0.29) is 36.2 Å². The Bertz CT molecular complexity index is 465. The van der Waals surface area contributed by atoms with E-state index in [1.54, 1.807) is 11.8 Å². The Labute approximate surface area is 156 Å². The Balaban J connectivity index is 0.00000576. The van der Waals surface area contributed by atoms with Crippen molar-refractivity contribution in [3.8, 4) is 0 Å². The number of nitrogens with zero attached hydrogens (tertiary/aromatic N) is 1. The van der Waals surface area contributed by atoms with Gasteiger partial charge in [-0.3, -0.25) is 14.4 Å². The van der Waals surface area contributed by atoms with Gasteiger partial charge < -0.3 is 21.3 Å². The summed E-state index contributed by atoms with van der Waals surface area (Å²) in [6, 6.07) is -0.598. The highest BCUT2D eigenvalue weighted by molar-refractivity contribution is 5.89. The van der Waals surface area contributed by atoms with Gasteiger partial charge in [0, 0.05) is 37.5 Å². The van der Waals surface area contributed by atoms with E-state index in [9.17, 15) is 14.4 Å². The van der Waals surface area contributed by atoms with Crippen molar-refractivity contribution in [3.63, 3.8) is 0 Å². The molecule has 3 amide bonds. The molecule has 0 aromatic rings. The molecular formula is C17H33ClN4O3. The van der Waals surface area contributed by atoms with Gasteiger partial charge >= 0.3 is 0 Å². The minimum absolute atomic E-state index is 0. The van der Waals surface area contributed by atoms with Crippen molar-refractivity contribution in [1.29, 1.82) is 0 Å². The molecule has 0 aromatic carbocycles. The number of amides is 3. The van der Waals surface area contributed by atoms with Crippen molar-refractivity contribution < 1.29 is 14.4 Å². The van der Waals surface area contributed by atoms with Crippen LogP contribution >= 0.6 is 12.4 Å². The third-order valence-corrected chi connectivity index (χ3v) is 4.22. The lowest BCUT2D eigenvalue weighted by Gasteiger charge is -2.37. The van der Waals surface area contributed by atoms with Crippen LogP contribution in [0, 0.1) is 5.41 Å². The predicted molar refractivity (Wildman–Crippen MR) is 100 cm³/mol. The van der Waals surface area contributed by atoms with Crippen molar-refractivity contribution in [2.75, 3.05) is 19.6 Å². The lowest BCUT2D eigenvalue weighted by atomic mass is 9.95. The van der Waals surface area contributed by atoms with Gasteiger partial charge in [-0.1, -0.05) is 20.8 Å². The minimum Gasteiger partial charge on any atom is -0.354 e. The molecule has 0 bridgehead atoms. The van der Waals surface area contributed by atoms with E-state index >= 15 is 0 Å². The number of rotatable bonds is 6. The van der Waals surface area contributed by atoms with Gasteiger partial charge in [-0.2, -0.15) is 0 Å². The topological polar surface area (TPSA) is 105 Å². The van der Waals surface area contributed by atoms with Crippen LogP contribution < -0.4 is 16.4 Å². The predicted octanol–water partition coefficient (Wildman–Crippen LogP) is 0.805. The molecule has 0 saturated carbocycles. The molecule has 25 heavy (non-hydrogen) atoms. The van der Waals surface area contributed by atoms with E-state index in [1.807, 2.05) is 20.8 Å². The minimum atomic E-state index is -0.572. The van der Waals surface area contributed by atoms with E-state index < -0.39 is 11.5 Å². The van der Waals surface area contributed by atoms with E-state index in [0.29, 0.717) is 26.1 Å². The van der Waals surface area contributed by atoms with Gasteiger partial charge in [-0.05, 0) is 26.2 Å². The van der Waals surface area contributed by atoms with E-state index in [4.69, 9.17) is 5.73 Å². The number of carbonyl (C=O) groups is 3. The van der Waals surface area contributed by atoms with Crippen LogP contribution in [-0.4, -0.2) is 54.3 Å². The van der Waals surface area contributed by atoms with Crippen molar-refractivity contribution in [1.82, 2.24) is 15.5 Å². The maximum Gasteiger partial charge on any atom is 0.245 e. The smallest absolute Gasteiger partial charge is 0.245 e. The second-order valence-corrected chi connectivity index (χ2v) is 7.47. The summed E-state index contributed by atoms with van der Waals surface area (Å²) in [5.41, 5.74) is 4.83. The monoisotopic (exact) mass is 376 g/mol. The summed E-state index contributed by atoms with van der Waals surface area (Å²) in [7, 11) is 0. The summed E-state index contributed by atoms with van der Waals surface area (Å²) in [6.45, 7) is 8.57. The first kappa shape index (κ1) is 23.7. The highest BCUT2D eigenvalue weighted by Gasteiger charge is 2.32. The molecule has 8 heteroatoms. The molecular weight excluding hydrogens is 344 g/mol. The van der Waals surface area contributed by atoms with Gasteiger partial charge in [-0.15, -0.1) is 12.4 Å². The molecule has 4 N–H and O–H groups in total. The first-order valence-electron chi connectivity index (χ1n) is 8.75. The first-order chi connectivity index (χ1) is 11.2. The van der Waals surface area contributed by atoms with Crippen molar-refractivity contribution in [2.45, 2.75) is 65.5 Å². The van der Waals surface area contributed by atoms with Crippen molar-refractivity contribution >= 4 is 30.1 Å². The number of hydrogen-bond acceptors (Lipinski definition) is 4. The Hall–Kier alpha value is -1.34. The Kier molecular flexibility index (Phi) is 10.0. The average Bonchev–Trinajstić information content (AvgIpc) is 2.51. The molecule has 0 aliphatic carbocycles. The molecule has 1 aliphatic heterocycles. The molecule has 1 rings (SSSR count). The fourth-order valence-corrected chi connectivity index (χ4v) is 2.68. The lowest BCUT2D eigenvalue weighted by Crippen LogP contribution is -2.56. The molecule has 1 aliphatic rings. The van der Waals surface area contributed by atoms with Gasteiger partial charge in [-0.25, -0.2) is 0 Å². The number of halogens is 1. The second kappa shape index (κ2) is 10.6. The number of nitrogens with one attached hydrogen (secondary N) is 2. The van der Waals surface area contributed by atoms with Gasteiger partial charge in [0.1, 0.15) is 6.04 Å². The second-order valence-electron chi connectivity index (χ2n) is 7.47. The Morgan fingerprint density at radius 3 is 2.44 bits per heavy atom. The highest BCUT2D eigenvalue weighted by Crippen LogP contribution is 2.18. The highest BCUT2D eigenvalue weighted by atomic mass is 35.5. The third-order valence-electron chi connectivity index (χ3n) is 4.22. The number of carbonyl (C=O) groups excluding carboxylic acids is 3. The average molecular weight is 377 g/mol. The number of nitrogens with two attached hydrogens (primary N) is 1. The van der Waals surface area contributed by atoms with Crippen LogP contribution in [0.4, 0.5) is 0 Å². The molecule has 2 unspecified atom stereocenters. The summed E-state index contributed by atoms with van der Waals surface area (Å²) < 4.78 is 0. The zero-order valence-electron chi connectivity index (χ0n) is 15.8. The van der Waals surface area contributed by atoms with Gasteiger partial charge in [0.2, 0.25) is 17.7 Å². The summed E-state index contributed by atoms with van der Waals surface area (Å²) in [6.07, 6.45) is 3.12. The van der Waals surface area contributed by atoms with Gasteiger partial charge in [0.05, 0.1) is 0 Å². The summed E-state index contributed by atoms with van der Waals surface area (Å²) in [5.74, 6) is -0.330. The molecule has 146 valence electrons. The molecule has 1 saturated heterocycles. The van der Waals surface area contributed by atoms with E-state index in [0.717, 1.165) is 19.3 Å². The first-order valence-corrected chi connectivity index (χ1v) is 8.75. The van der Waals surface area contributed by atoms with Crippen molar-refractivity contribution in [2.24, 2.45) is 11.1 Å². The van der Waals surface area contributed by atoms with Crippen LogP contribution in [0.2, 0.25) is 0 Å². The molecule has 0 spiro atoms. The zero-order chi connectivity index (χ0) is 18.3. The van der Waals surface area contributed by atoms with Gasteiger partial charge in [0.25, 0.3) is 0 Å². The largest absolute Gasteiger partial charge is 0.354 e. The van der Waals surface area contributed by atoms with E-state index in [1.165, 1.54) is 0 Å². The summed E-state index contributed by atoms with van der Waals surface area (Å²) in [4.78, 5) is 38.2. The standard InChI is InChI=1S/C17H32N4O3.ClH/c1-12(20-16(24)17(2,3)4)15(23)21-10-6-5-7-13(21)11-19-14(22)8-9-18;/h12-13H,5-11,18H2,1-4H3,(H,19,22)(H,20,24);1H. The van der Waals surface area contributed by atoms with Crippen LogP contribution in [0.3, 0.4) is 0 Å². The molecule has 1 fully saturated rings. The maximum absolute atomic E-state index is 12.7. The number of hydrogen-bond donors (Lipinski definition) is 3. The van der Waals surface area contributed by atoms with Crippen LogP contribution in [0.25, 0.3) is 0 Å². The fraction of sp³-hybridized carbons (Fsp3) is 0.824. The van der Waals surface area contributed by atoms with Crippen LogP contribution in [0.15, 0.2) is 0 Å². The normalized spacial score (nSPS) is 18.8. The van der Waals surface area contributed by atoms with Crippen molar-refractivity contribution in [3.05, 3.63) is 0 Å². The molecule has 1 heterocycles. The lowest BCUT2D eigenvalue weighted by molar-refractivity contribution is -0.141. The zero-order valence-corrected chi connectivity index (χ0v) is 16.6. The molecule has 2 atom stereocenters. The van der Waals surface area contributed by atoms with Crippen LogP contribution in [0.5, 0.6) is 0 Å². The van der Waals surface area contributed by atoms with Gasteiger partial charge in [0.15, 0.2) is 0 Å². The summed E-state index contributed by atoms with van der Waals surface area (Å²) in [5, 5.41) is 5.63. The maximum atomic E-state index is 12.7. The SMILES string of the molecule is CC(NC(=O)C(C)(C)C)C(=O)N1CCCCC1CNC(=O)CCN.Cl. The summed E-state index contributed by atoms with van der Waals surface area (Å²) >= 11 is 0. The molecule has 0 radical (unpaired) electrons.